The molecule has 5 aliphatic carbocycles. The maximum absolute atomic E-state index is 11.9. The third-order valence-corrected chi connectivity index (χ3v) is 9.67. The van der Waals surface area contributed by atoms with Crippen molar-refractivity contribution in [2.45, 2.75) is 59.3 Å². The molecule has 1 N–H and O–H groups in total. The van der Waals surface area contributed by atoms with Crippen LogP contribution in [0.15, 0.2) is 11.6 Å². The van der Waals surface area contributed by atoms with Crippen molar-refractivity contribution in [1.82, 2.24) is 0 Å². The largest absolute Gasteiger partial charge is 0.396 e. The second-order valence-electron chi connectivity index (χ2n) is 10.2. The van der Waals surface area contributed by atoms with Gasteiger partial charge in [0.2, 0.25) is 0 Å². The predicted octanol–water partition coefficient (Wildman–Crippen LogP) is 4.23. The van der Waals surface area contributed by atoms with Crippen LogP contribution in [0.1, 0.15) is 59.3 Å². The highest BCUT2D eigenvalue weighted by atomic mass is 16.3. The quantitative estimate of drug-likeness (QED) is 0.782. The second kappa shape index (κ2) is 4.75. The standard InChI is InChI=1S/C22H32O2/c1-12-8-14-9-15(24)4-5-16(14)17-6-7-21(3)19(11-23)13(2)18-10-22(18,21)20(12)17/h9,12-13,16-20,23H,4-8,10-11H2,1-3H3/t12-,13+,16+,17-,18?,19-,20-,21-,22-/m1/s1. The third kappa shape index (κ3) is 1.60. The number of hydrogen-bond acceptors (Lipinski definition) is 2. The van der Waals surface area contributed by atoms with Gasteiger partial charge in [-0.1, -0.05) is 26.3 Å². The summed E-state index contributed by atoms with van der Waals surface area (Å²) in [6.07, 6.45) is 9.08. The molecule has 0 amide bonds. The number of ketones is 1. The minimum absolute atomic E-state index is 0.354. The third-order valence-electron chi connectivity index (χ3n) is 9.67. The molecule has 4 saturated carbocycles. The van der Waals surface area contributed by atoms with Crippen LogP contribution in [-0.2, 0) is 4.79 Å². The van der Waals surface area contributed by atoms with Gasteiger partial charge in [-0.3, -0.25) is 4.79 Å². The van der Waals surface area contributed by atoms with Crippen molar-refractivity contribution < 1.29 is 9.90 Å². The van der Waals surface area contributed by atoms with Gasteiger partial charge in [0.25, 0.3) is 0 Å². The van der Waals surface area contributed by atoms with Crippen LogP contribution in [0.2, 0.25) is 0 Å². The molecule has 5 aliphatic rings. The zero-order chi connectivity index (χ0) is 16.9. The van der Waals surface area contributed by atoms with E-state index in [0.29, 0.717) is 46.9 Å². The number of allylic oxidation sites excluding steroid dienone is 1. The molecule has 0 saturated heterocycles. The van der Waals surface area contributed by atoms with Gasteiger partial charge >= 0.3 is 0 Å². The smallest absolute Gasteiger partial charge is 0.155 e. The van der Waals surface area contributed by atoms with Crippen molar-refractivity contribution in [3.8, 4) is 0 Å². The van der Waals surface area contributed by atoms with E-state index in [4.69, 9.17) is 0 Å². The van der Waals surface area contributed by atoms with E-state index in [1.807, 2.05) is 6.08 Å². The van der Waals surface area contributed by atoms with Crippen LogP contribution >= 0.6 is 0 Å². The molecule has 0 bridgehead atoms. The van der Waals surface area contributed by atoms with Crippen molar-refractivity contribution in [2.75, 3.05) is 6.61 Å². The fourth-order valence-electron chi connectivity index (χ4n) is 8.85. The van der Waals surface area contributed by atoms with E-state index >= 15 is 0 Å². The number of rotatable bonds is 1. The zero-order valence-corrected chi connectivity index (χ0v) is 15.4. The molecule has 0 aliphatic heterocycles. The monoisotopic (exact) mass is 328 g/mol. The summed E-state index contributed by atoms with van der Waals surface area (Å²) in [5, 5.41) is 10.1. The topological polar surface area (TPSA) is 37.3 Å². The van der Waals surface area contributed by atoms with E-state index < -0.39 is 0 Å². The summed E-state index contributed by atoms with van der Waals surface area (Å²) >= 11 is 0. The first-order valence-electron chi connectivity index (χ1n) is 10.3. The lowest BCUT2D eigenvalue weighted by Gasteiger charge is -2.58. The van der Waals surface area contributed by atoms with Gasteiger partial charge in [-0.2, -0.15) is 0 Å². The van der Waals surface area contributed by atoms with Crippen molar-refractivity contribution >= 4 is 5.78 Å². The lowest BCUT2D eigenvalue weighted by molar-refractivity contribution is -0.117. The van der Waals surface area contributed by atoms with Crippen LogP contribution in [0.5, 0.6) is 0 Å². The average Bonchev–Trinajstić information content (AvgIpc) is 3.23. The first-order valence-corrected chi connectivity index (χ1v) is 10.3. The SMILES string of the molecule is C[C@@H]1CC2=CC(=O)CC[C@@H]2[C@H]2CC[C@]3(C)[C@H](CO)[C@@H](C)C4C[C@]43[C@@H]21. The minimum atomic E-state index is 0.354. The van der Waals surface area contributed by atoms with Gasteiger partial charge in [-0.15, -0.1) is 0 Å². The summed E-state index contributed by atoms with van der Waals surface area (Å²) in [7, 11) is 0. The van der Waals surface area contributed by atoms with Crippen molar-refractivity contribution in [3.05, 3.63) is 11.6 Å². The molecule has 0 aromatic carbocycles. The highest BCUT2D eigenvalue weighted by Crippen LogP contribution is 2.84. The average molecular weight is 328 g/mol. The van der Waals surface area contributed by atoms with E-state index in [1.165, 1.54) is 24.8 Å². The van der Waals surface area contributed by atoms with Crippen LogP contribution in [0.4, 0.5) is 0 Å². The highest BCUT2D eigenvalue weighted by molar-refractivity contribution is 5.91. The molecule has 132 valence electrons. The van der Waals surface area contributed by atoms with Gasteiger partial charge < -0.3 is 5.11 Å². The number of aliphatic hydroxyl groups excluding tert-OH is 1. The number of carbonyl (C=O) groups excluding carboxylic acids is 1. The van der Waals surface area contributed by atoms with E-state index in [-0.39, 0.29) is 0 Å². The fourth-order valence-corrected chi connectivity index (χ4v) is 8.85. The number of aliphatic hydroxyl groups is 1. The van der Waals surface area contributed by atoms with Gasteiger partial charge in [0.05, 0.1) is 0 Å². The fraction of sp³-hybridized carbons (Fsp3) is 0.864. The summed E-state index contributed by atoms with van der Waals surface area (Å²) in [5.74, 6) is 5.44. The Hall–Kier alpha value is -0.630. The Morgan fingerprint density at radius 1 is 1.29 bits per heavy atom. The van der Waals surface area contributed by atoms with Gasteiger partial charge in [0.15, 0.2) is 5.78 Å². The van der Waals surface area contributed by atoms with Crippen molar-refractivity contribution in [1.29, 1.82) is 0 Å². The lowest BCUT2D eigenvalue weighted by Crippen LogP contribution is -2.52. The highest BCUT2D eigenvalue weighted by Gasteiger charge is 2.79. The van der Waals surface area contributed by atoms with Crippen LogP contribution in [0, 0.1) is 52.3 Å². The maximum Gasteiger partial charge on any atom is 0.155 e. The molecule has 0 heterocycles. The molecular formula is C22H32O2. The minimum Gasteiger partial charge on any atom is -0.396 e. The van der Waals surface area contributed by atoms with E-state index in [1.54, 1.807) is 0 Å². The number of carbonyl (C=O) groups is 1. The Kier molecular flexibility index (Phi) is 3.09. The van der Waals surface area contributed by atoms with Crippen LogP contribution in [-0.4, -0.2) is 17.5 Å². The molecule has 5 rings (SSSR count). The Morgan fingerprint density at radius 3 is 2.83 bits per heavy atom. The molecule has 0 aromatic rings. The first-order chi connectivity index (χ1) is 11.4. The van der Waals surface area contributed by atoms with Crippen LogP contribution < -0.4 is 0 Å². The molecule has 1 spiro atoms. The molecular weight excluding hydrogens is 296 g/mol. The zero-order valence-electron chi connectivity index (χ0n) is 15.4. The van der Waals surface area contributed by atoms with Gasteiger partial charge in [-0.05, 0) is 90.4 Å². The molecule has 9 atom stereocenters. The van der Waals surface area contributed by atoms with E-state index in [0.717, 1.165) is 37.0 Å². The summed E-state index contributed by atoms with van der Waals surface area (Å²) in [4.78, 5) is 11.9. The van der Waals surface area contributed by atoms with Crippen molar-refractivity contribution in [3.63, 3.8) is 0 Å². The molecule has 1 unspecified atom stereocenters. The van der Waals surface area contributed by atoms with E-state index in [2.05, 4.69) is 20.8 Å². The molecule has 24 heavy (non-hydrogen) atoms. The summed E-state index contributed by atoms with van der Waals surface area (Å²) < 4.78 is 0. The summed E-state index contributed by atoms with van der Waals surface area (Å²) in [6.45, 7) is 7.78. The Morgan fingerprint density at radius 2 is 2.08 bits per heavy atom. The Balaban J connectivity index is 1.56. The van der Waals surface area contributed by atoms with Gasteiger partial charge in [0.1, 0.15) is 0 Å². The molecule has 2 heteroatoms. The summed E-state index contributed by atoms with van der Waals surface area (Å²) in [5.41, 5.74) is 2.35. The second-order valence-corrected chi connectivity index (χ2v) is 10.2. The maximum atomic E-state index is 11.9. The molecule has 2 nitrogen and oxygen atoms in total. The predicted molar refractivity (Wildman–Crippen MR) is 94.2 cm³/mol. The van der Waals surface area contributed by atoms with Gasteiger partial charge in [-0.25, -0.2) is 0 Å². The first kappa shape index (κ1) is 15.6. The Bertz CT molecular complexity index is 621. The molecule has 0 radical (unpaired) electrons. The number of hydrogen-bond donors (Lipinski definition) is 1. The van der Waals surface area contributed by atoms with E-state index in [9.17, 15) is 9.90 Å². The van der Waals surface area contributed by atoms with Crippen LogP contribution in [0.3, 0.4) is 0 Å². The Labute approximate surface area is 146 Å². The summed E-state index contributed by atoms with van der Waals surface area (Å²) in [6, 6.07) is 0. The van der Waals surface area contributed by atoms with Crippen LogP contribution in [0.25, 0.3) is 0 Å². The molecule has 0 aromatic heterocycles. The van der Waals surface area contributed by atoms with Gasteiger partial charge in [0, 0.05) is 13.0 Å². The number of fused-ring (bicyclic) bond motifs is 3. The molecule has 4 fully saturated rings. The van der Waals surface area contributed by atoms with Crippen molar-refractivity contribution in [2.24, 2.45) is 52.3 Å². The lowest BCUT2D eigenvalue weighted by atomic mass is 9.46. The normalized spacial score (nSPS) is 58.2.